The SMILES string of the molecule is CNC(=O)COC(=O)[C@H]1CC(=O)N(Cc2ccco2)C1. The van der Waals surface area contributed by atoms with Gasteiger partial charge in [0.15, 0.2) is 6.61 Å². The van der Waals surface area contributed by atoms with Crippen LogP contribution in [0.25, 0.3) is 0 Å². The predicted octanol–water partition coefficient (Wildman–Crippen LogP) is -0.0827. The number of esters is 1. The summed E-state index contributed by atoms with van der Waals surface area (Å²) in [5.74, 6) is -0.887. The highest BCUT2D eigenvalue weighted by Crippen LogP contribution is 2.21. The highest BCUT2D eigenvalue weighted by atomic mass is 16.5. The second-order valence-corrected chi connectivity index (χ2v) is 4.54. The van der Waals surface area contributed by atoms with E-state index in [0.717, 1.165) is 0 Å². The standard InChI is InChI=1S/C13H16N2O5/c1-14-11(16)8-20-13(18)9-5-12(17)15(6-9)7-10-3-2-4-19-10/h2-4,9H,5-8H2,1H3,(H,14,16)/t9-/m0/s1. The molecule has 7 heteroatoms. The molecule has 2 heterocycles. The number of likely N-dealkylation sites (tertiary alicyclic amines) is 1. The number of nitrogens with one attached hydrogen (secondary N) is 1. The largest absolute Gasteiger partial charge is 0.467 e. The predicted molar refractivity (Wildman–Crippen MR) is 67.3 cm³/mol. The molecule has 1 aliphatic rings. The first kappa shape index (κ1) is 14.1. The van der Waals surface area contributed by atoms with Crippen LogP contribution in [0.15, 0.2) is 22.8 Å². The number of hydrogen-bond acceptors (Lipinski definition) is 5. The Morgan fingerprint density at radius 2 is 2.35 bits per heavy atom. The number of rotatable bonds is 5. The number of likely N-dealkylation sites (N-methyl/N-ethyl adjacent to an activating group) is 1. The first-order chi connectivity index (χ1) is 9.60. The summed E-state index contributed by atoms with van der Waals surface area (Å²) in [5.41, 5.74) is 0. The van der Waals surface area contributed by atoms with Crippen molar-refractivity contribution in [2.75, 3.05) is 20.2 Å². The van der Waals surface area contributed by atoms with Crippen molar-refractivity contribution in [3.8, 4) is 0 Å². The Balaban J connectivity index is 1.85. The Bertz CT molecular complexity index is 497. The first-order valence-electron chi connectivity index (χ1n) is 6.27. The van der Waals surface area contributed by atoms with E-state index in [1.54, 1.807) is 17.0 Å². The summed E-state index contributed by atoms with van der Waals surface area (Å²) in [4.78, 5) is 36.1. The zero-order valence-electron chi connectivity index (χ0n) is 11.1. The number of hydrogen-bond donors (Lipinski definition) is 1. The minimum Gasteiger partial charge on any atom is -0.467 e. The molecule has 7 nitrogen and oxygen atoms in total. The third kappa shape index (κ3) is 3.37. The molecule has 0 unspecified atom stereocenters. The topological polar surface area (TPSA) is 88.8 Å². The maximum Gasteiger partial charge on any atom is 0.311 e. The molecular weight excluding hydrogens is 264 g/mol. The number of furan rings is 1. The van der Waals surface area contributed by atoms with Crippen molar-refractivity contribution >= 4 is 17.8 Å². The average Bonchev–Trinajstić information content (AvgIpc) is 3.07. The van der Waals surface area contributed by atoms with E-state index in [1.165, 1.54) is 13.3 Å². The van der Waals surface area contributed by atoms with Gasteiger partial charge in [-0.3, -0.25) is 14.4 Å². The summed E-state index contributed by atoms with van der Waals surface area (Å²) in [6.07, 6.45) is 1.64. The van der Waals surface area contributed by atoms with Gasteiger partial charge in [0.05, 0.1) is 18.7 Å². The third-order valence-corrected chi connectivity index (χ3v) is 3.10. The zero-order chi connectivity index (χ0) is 14.5. The molecule has 1 aromatic rings. The van der Waals surface area contributed by atoms with Crippen LogP contribution in [0.4, 0.5) is 0 Å². The molecule has 0 aliphatic carbocycles. The quantitative estimate of drug-likeness (QED) is 0.762. The fraction of sp³-hybridized carbons (Fsp3) is 0.462. The van der Waals surface area contributed by atoms with E-state index < -0.39 is 11.9 Å². The van der Waals surface area contributed by atoms with Crippen LogP contribution in [0.2, 0.25) is 0 Å². The van der Waals surface area contributed by atoms with Crippen LogP contribution in [0.1, 0.15) is 12.2 Å². The van der Waals surface area contributed by atoms with E-state index in [-0.39, 0.29) is 31.4 Å². The van der Waals surface area contributed by atoms with E-state index in [4.69, 9.17) is 9.15 Å². The molecule has 1 saturated heterocycles. The van der Waals surface area contributed by atoms with Gasteiger partial charge in [0.25, 0.3) is 5.91 Å². The summed E-state index contributed by atoms with van der Waals surface area (Å²) in [5, 5.41) is 2.35. The lowest BCUT2D eigenvalue weighted by atomic mass is 10.1. The minimum atomic E-state index is -0.526. The molecule has 108 valence electrons. The maximum absolute atomic E-state index is 11.8. The van der Waals surface area contributed by atoms with E-state index in [9.17, 15) is 14.4 Å². The van der Waals surface area contributed by atoms with Gasteiger partial charge in [0, 0.05) is 20.0 Å². The summed E-state index contributed by atoms with van der Waals surface area (Å²) >= 11 is 0. The van der Waals surface area contributed by atoms with Gasteiger partial charge in [-0.25, -0.2) is 0 Å². The van der Waals surface area contributed by atoms with Crippen molar-refractivity contribution in [1.82, 2.24) is 10.2 Å². The second-order valence-electron chi connectivity index (χ2n) is 4.54. The molecule has 2 rings (SSSR count). The van der Waals surface area contributed by atoms with Crippen LogP contribution in [-0.2, 0) is 25.7 Å². The Morgan fingerprint density at radius 1 is 1.55 bits per heavy atom. The molecule has 1 aliphatic heterocycles. The van der Waals surface area contributed by atoms with E-state index in [2.05, 4.69) is 5.32 Å². The van der Waals surface area contributed by atoms with Gasteiger partial charge >= 0.3 is 5.97 Å². The van der Waals surface area contributed by atoms with Crippen molar-refractivity contribution in [3.63, 3.8) is 0 Å². The van der Waals surface area contributed by atoms with Gasteiger partial charge in [0.2, 0.25) is 5.91 Å². The normalized spacial score (nSPS) is 18.1. The molecule has 2 amide bonds. The molecule has 0 spiro atoms. The lowest BCUT2D eigenvalue weighted by molar-refractivity contribution is -0.152. The highest BCUT2D eigenvalue weighted by Gasteiger charge is 2.35. The van der Waals surface area contributed by atoms with Gasteiger partial charge < -0.3 is 19.4 Å². The molecular formula is C13H16N2O5. The van der Waals surface area contributed by atoms with Crippen LogP contribution in [0.5, 0.6) is 0 Å². The molecule has 0 aromatic carbocycles. The van der Waals surface area contributed by atoms with Crippen molar-refractivity contribution in [2.45, 2.75) is 13.0 Å². The summed E-state index contributed by atoms with van der Waals surface area (Å²) in [6.45, 7) is 0.301. The van der Waals surface area contributed by atoms with E-state index in [0.29, 0.717) is 12.3 Å². The van der Waals surface area contributed by atoms with Gasteiger partial charge in [-0.15, -0.1) is 0 Å². The van der Waals surface area contributed by atoms with Crippen molar-refractivity contribution in [1.29, 1.82) is 0 Å². The van der Waals surface area contributed by atoms with Gasteiger partial charge in [-0.2, -0.15) is 0 Å². The Morgan fingerprint density at radius 3 is 3.00 bits per heavy atom. The smallest absolute Gasteiger partial charge is 0.311 e. The number of carbonyl (C=O) groups excluding carboxylic acids is 3. The molecule has 1 fully saturated rings. The van der Waals surface area contributed by atoms with Gasteiger partial charge in [-0.1, -0.05) is 0 Å². The number of carbonyl (C=O) groups is 3. The fourth-order valence-corrected chi connectivity index (χ4v) is 2.00. The fourth-order valence-electron chi connectivity index (χ4n) is 2.00. The average molecular weight is 280 g/mol. The minimum absolute atomic E-state index is 0.104. The lowest BCUT2D eigenvalue weighted by Gasteiger charge is -2.14. The van der Waals surface area contributed by atoms with Gasteiger partial charge in [0.1, 0.15) is 5.76 Å². The molecule has 0 radical (unpaired) electrons. The summed E-state index contributed by atoms with van der Waals surface area (Å²) in [6, 6.07) is 3.51. The number of amides is 2. The molecule has 1 atom stereocenters. The molecule has 1 aromatic heterocycles. The Labute approximate surface area is 115 Å². The monoisotopic (exact) mass is 280 g/mol. The Kier molecular flexibility index (Phi) is 4.39. The summed E-state index contributed by atoms with van der Waals surface area (Å²) < 4.78 is 10.0. The van der Waals surface area contributed by atoms with Crippen molar-refractivity contribution in [3.05, 3.63) is 24.2 Å². The number of nitrogens with zero attached hydrogens (tertiary/aromatic N) is 1. The Hall–Kier alpha value is -2.31. The van der Waals surface area contributed by atoms with Crippen LogP contribution in [0.3, 0.4) is 0 Å². The van der Waals surface area contributed by atoms with Crippen LogP contribution >= 0.6 is 0 Å². The van der Waals surface area contributed by atoms with E-state index >= 15 is 0 Å². The zero-order valence-corrected chi connectivity index (χ0v) is 11.1. The van der Waals surface area contributed by atoms with Crippen molar-refractivity contribution < 1.29 is 23.5 Å². The van der Waals surface area contributed by atoms with Gasteiger partial charge in [-0.05, 0) is 12.1 Å². The molecule has 0 saturated carbocycles. The van der Waals surface area contributed by atoms with Crippen LogP contribution in [0, 0.1) is 5.92 Å². The summed E-state index contributed by atoms with van der Waals surface area (Å²) in [7, 11) is 1.46. The maximum atomic E-state index is 11.8. The van der Waals surface area contributed by atoms with Crippen LogP contribution < -0.4 is 5.32 Å². The van der Waals surface area contributed by atoms with E-state index in [1.807, 2.05) is 0 Å². The molecule has 0 bridgehead atoms. The van der Waals surface area contributed by atoms with Crippen molar-refractivity contribution in [2.24, 2.45) is 5.92 Å². The molecule has 1 N–H and O–H groups in total. The molecule has 20 heavy (non-hydrogen) atoms. The highest BCUT2D eigenvalue weighted by molar-refractivity contribution is 5.88. The number of ether oxygens (including phenoxy) is 1. The lowest BCUT2D eigenvalue weighted by Crippen LogP contribution is -2.29. The van der Waals surface area contributed by atoms with Crippen LogP contribution in [-0.4, -0.2) is 42.9 Å². The third-order valence-electron chi connectivity index (χ3n) is 3.10. The first-order valence-corrected chi connectivity index (χ1v) is 6.27. The second kappa shape index (κ2) is 6.23.